The van der Waals surface area contributed by atoms with Crippen LogP contribution < -0.4 is 16.1 Å². The Morgan fingerprint density at radius 3 is 2.85 bits per heavy atom. The van der Waals surface area contributed by atoms with Crippen LogP contribution in [0.4, 0.5) is 5.69 Å². The third-order valence-electron chi connectivity index (χ3n) is 5.21. The normalized spacial score (nSPS) is 17.7. The minimum atomic E-state index is -0.667. The van der Waals surface area contributed by atoms with E-state index in [-0.39, 0.29) is 24.1 Å². The van der Waals surface area contributed by atoms with E-state index in [0.717, 1.165) is 28.7 Å². The first kappa shape index (κ1) is 16.3. The van der Waals surface area contributed by atoms with Crippen molar-refractivity contribution in [2.24, 2.45) is 0 Å². The highest BCUT2D eigenvalue weighted by atomic mass is 16.2. The van der Waals surface area contributed by atoms with Gasteiger partial charge in [-0.25, -0.2) is 9.36 Å². The molecule has 1 atom stereocenters. The number of hydrogen-bond acceptors (Lipinski definition) is 4. The van der Waals surface area contributed by atoms with Crippen molar-refractivity contribution in [1.29, 1.82) is 5.26 Å². The number of para-hydroxylation sites is 1. The van der Waals surface area contributed by atoms with Crippen LogP contribution in [0.25, 0.3) is 0 Å². The van der Waals surface area contributed by atoms with E-state index in [1.165, 1.54) is 4.57 Å². The molecule has 0 saturated heterocycles. The van der Waals surface area contributed by atoms with Gasteiger partial charge < -0.3 is 4.90 Å². The minimum Gasteiger partial charge on any atom is -0.307 e. The smallest absolute Gasteiger partial charge is 0.307 e. The van der Waals surface area contributed by atoms with Gasteiger partial charge in [-0.1, -0.05) is 18.2 Å². The van der Waals surface area contributed by atoms with E-state index in [2.05, 4.69) is 0 Å². The monoisotopic (exact) mass is 350 g/mol. The summed E-state index contributed by atoms with van der Waals surface area (Å²) < 4.78 is 2.36. The number of nitrogens with zero attached hydrogens (tertiary/aromatic N) is 4. The summed E-state index contributed by atoms with van der Waals surface area (Å²) in [5.41, 5.74) is 1.19. The number of nitriles is 1. The number of carbonyl (C=O) groups is 1. The second-order valence-electron chi connectivity index (χ2n) is 6.81. The Labute approximate surface area is 149 Å². The number of carbonyl (C=O) groups excluding carboxylic acids is 1. The van der Waals surface area contributed by atoms with Gasteiger partial charge >= 0.3 is 5.69 Å². The molecule has 26 heavy (non-hydrogen) atoms. The summed E-state index contributed by atoms with van der Waals surface area (Å²) in [6, 6.07) is 9.51. The van der Waals surface area contributed by atoms with E-state index in [0.29, 0.717) is 18.7 Å². The molecule has 2 aliphatic rings. The molecule has 0 spiro atoms. The lowest BCUT2D eigenvalue weighted by molar-refractivity contribution is -0.119. The van der Waals surface area contributed by atoms with Crippen LogP contribution in [0.1, 0.15) is 30.2 Å². The summed E-state index contributed by atoms with van der Waals surface area (Å²) >= 11 is 0. The minimum absolute atomic E-state index is 0.0234. The fourth-order valence-corrected chi connectivity index (χ4v) is 4.05. The quantitative estimate of drug-likeness (QED) is 0.802. The number of hydrogen-bond donors (Lipinski definition) is 0. The van der Waals surface area contributed by atoms with Crippen molar-refractivity contribution in [3.63, 3.8) is 0 Å². The van der Waals surface area contributed by atoms with Crippen LogP contribution in [0, 0.1) is 11.3 Å². The maximum Gasteiger partial charge on any atom is 0.331 e. The SMILES string of the molecule is C[C@H]1Cc2ccccc2N1C(=O)Cn1c(=O)c(C#N)c2n(c1=O)CCC2. The average Bonchev–Trinajstić information content (AvgIpc) is 3.22. The topological polar surface area (TPSA) is 88.1 Å². The number of aromatic nitrogens is 2. The molecule has 0 N–H and O–H groups in total. The Bertz CT molecular complexity index is 1070. The molecular formula is C19H18N4O3. The second kappa shape index (κ2) is 5.99. The number of benzene rings is 1. The predicted octanol–water partition coefficient (Wildman–Crippen LogP) is 0.806. The summed E-state index contributed by atoms with van der Waals surface area (Å²) in [6.45, 7) is 2.06. The molecule has 0 unspecified atom stereocenters. The Hall–Kier alpha value is -3.14. The highest BCUT2D eigenvalue weighted by molar-refractivity contribution is 5.96. The standard InChI is InChI=1S/C19H18N4O3/c1-12-9-13-5-2-3-6-15(13)23(12)17(24)11-22-18(25)14(10-20)16-7-4-8-21(16)19(22)26/h2-3,5-6,12H,4,7-9,11H2,1H3/t12-/m0/s1. The molecule has 4 rings (SSSR count). The van der Waals surface area contributed by atoms with Crippen LogP contribution in [0.2, 0.25) is 0 Å². The molecule has 7 nitrogen and oxygen atoms in total. The van der Waals surface area contributed by atoms with Crippen LogP contribution in [-0.4, -0.2) is 21.1 Å². The van der Waals surface area contributed by atoms with Gasteiger partial charge in [0.1, 0.15) is 18.2 Å². The number of fused-ring (bicyclic) bond motifs is 2. The molecule has 7 heteroatoms. The van der Waals surface area contributed by atoms with E-state index >= 15 is 0 Å². The van der Waals surface area contributed by atoms with Crippen molar-refractivity contribution in [2.75, 3.05) is 4.90 Å². The fourth-order valence-electron chi connectivity index (χ4n) is 4.05. The maximum absolute atomic E-state index is 12.9. The molecule has 2 aliphatic heterocycles. The molecular weight excluding hydrogens is 332 g/mol. The van der Waals surface area contributed by atoms with Gasteiger partial charge in [0.2, 0.25) is 5.91 Å². The summed E-state index contributed by atoms with van der Waals surface area (Å²) in [5, 5.41) is 9.34. The second-order valence-corrected chi connectivity index (χ2v) is 6.81. The zero-order valence-electron chi connectivity index (χ0n) is 14.4. The summed E-state index contributed by atoms with van der Waals surface area (Å²) in [4.78, 5) is 39.9. The van der Waals surface area contributed by atoms with E-state index in [1.807, 2.05) is 37.3 Å². The maximum atomic E-state index is 12.9. The lowest BCUT2D eigenvalue weighted by atomic mass is 10.1. The summed E-state index contributed by atoms with van der Waals surface area (Å²) in [7, 11) is 0. The molecule has 0 aliphatic carbocycles. The van der Waals surface area contributed by atoms with Gasteiger partial charge in [-0.05, 0) is 37.8 Å². The van der Waals surface area contributed by atoms with E-state index in [1.54, 1.807) is 4.90 Å². The van der Waals surface area contributed by atoms with Gasteiger partial charge in [0.25, 0.3) is 5.56 Å². The van der Waals surface area contributed by atoms with Crippen LogP contribution in [0.5, 0.6) is 0 Å². The van der Waals surface area contributed by atoms with Gasteiger partial charge in [-0.2, -0.15) is 5.26 Å². The van der Waals surface area contributed by atoms with Crippen molar-refractivity contribution in [1.82, 2.24) is 9.13 Å². The summed E-state index contributed by atoms with van der Waals surface area (Å²) in [6.07, 6.45) is 2.00. The van der Waals surface area contributed by atoms with Gasteiger partial charge in [-0.15, -0.1) is 0 Å². The van der Waals surface area contributed by atoms with Crippen LogP contribution >= 0.6 is 0 Å². The number of anilines is 1. The molecule has 1 aromatic carbocycles. The molecule has 1 amide bonds. The summed E-state index contributed by atoms with van der Waals surface area (Å²) in [5.74, 6) is -0.316. The molecule has 3 heterocycles. The molecule has 2 aromatic rings. The van der Waals surface area contributed by atoms with Crippen molar-refractivity contribution in [3.05, 3.63) is 61.9 Å². The number of rotatable bonds is 2. The van der Waals surface area contributed by atoms with Crippen LogP contribution in [0.3, 0.4) is 0 Å². The zero-order chi connectivity index (χ0) is 18.4. The molecule has 0 radical (unpaired) electrons. The first-order valence-corrected chi connectivity index (χ1v) is 8.69. The molecule has 0 saturated carbocycles. The van der Waals surface area contributed by atoms with Gasteiger partial charge in [-0.3, -0.25) is 14.2 Å². The fraction of sp³-hybridized carbons (Fsp3) is 0.368. The van der Waals surface area contributed by atoms with E-state index in [9.17, 15) is 19.6 Å². The molecule has 0 fully saturated rings. The predicted molar refractivity (Wildman–Crippen MR) is 95.1 cm³/mol. The lowest BCUT2D eigenvalue weighted by Crippen LogP contribution is -2.47. The highest BCUT2D eigenvalue weighted by Crippen LogP contribution is 2.31. The Morgan fingerprint density at radius 1 is 1.31 bits per heavy atom. The number of amides is 1. The van der Waals surface area contributed by atoms with E-state index < -0.39 is 11.2 Å². The first-order chi connectivity index (χ1) is 12.5. The molecule has 1 aromatic heterocycles. The first-order valence-electron chi connectivity index (χ1n) is 8.69. The lowest BCUT2D eigenvalue weighted by Gasteiger charge is -2.23. The van der Waals surface area contributed by atoms with Crippen molar-refractivity contribution < 1.29 is 4.79 Å². The Balaban J connectivity index is 1.75. The third-order valence-corrected chi connectivity index (χ3v) is 5.21. The largest absolute Gasteiger partial charge is 0.331 e. The molecule has 0 bridgehead atoms. The average molecular weight is 350 g/mol. The Morgan fingerprint density at radius 2 is 2.08 bits per heavy atom. The third kappa shape index (κ3) is 2.30. The van der Waals surface area contributed by atoms with Crippen LogP contribution in [-0.2, 0) is 30.7 Å². The molecule has 132 valence electrons. The van der Waals surface area contributed by atoms with Gasteiger partial charge in [0.05, 0.1) is 0 Å². The van der Waals surface area contributed by atoms with Gasteiger partial charge in [0.15, 0.2) is 0 Å². The van der Waals surface area contributed by atoms with Crippen molar-refractivity contribution >= 4 is 11.6 Å². The van der Waals surface area contributed by atoms with E-state index in [4.69, 9.17) is 0 Å². The highest BCUT2D eigenvalue weighted by Gasteiger charge is 2.32. The van der Waals surface area contributed by atoms with Crippen molar-refractivity contribution in [3.8, 4) is 6.07 Å². The Kier molecular flexibility index (Phi) is 3.76. The zero-order valence-corrected chi connectivity index (χ0v) is 14.4. The van der Waals surface area contributed by atoms with Gasteiger partial charge in [0, 0.05) is 24.0 Å². The van der Waals surface area contributed by atoms with Crippen LogP contribution in [0.15, 0.2) is 33.9 Å². The van der Waals surface area contributed by atoms with Crippen molar-refractivity contribution in [2.45, 2.75) is 45.3 Å².